The normalized spacial score (nSPS) is 19.1. The first-order valence-electron chi connectivity index (χ1n) is 6.24. The van der Waals surface area contributed by atoms with Gasteiger partial charge in [0.05, 0.1) is 29.1 Å². The van der Waals surface area contributed by atoms with Crippen LogP contribution in [0.3, 0.4) is 0 Å². The molecule has 0 aromatic carbocycles. The summed E-state index contributed by atoms with van der Waals surface area (Å²) in [5.41, 5.74) is 0.827. The molecule has 6 nitrogen and oxygen atoms in total. The van der Waals surface area contributed by atoms with Crippen LogP contribution in [-0.2, 0) is 0 Å². The van der Waals surface area contributed by atoms with Crippen LogP contribution >= 0.6 is 11.3 Å². The summed E-state index contributed by atoms with van der Waals surface area (Å²) in [4.78, 5) is 21.1. The van der Waals surface area contributed by atoms with Gasteiger partial charge in [-0.3, -0.25) is 4.79 Å². The Labute approximate surface area is 115 Å². The average Bonchev–Trinajstić information content (AvgIpc) is 3.06. The number of carbonyl (C=O) groups excluding carboxylic acids is 1. The predicted octanol–water partition coefficient (Wildman–Crippen LogP) is 1.44. The fraction of sp³-hybridized carbons (Fsp3) is 0.500. The number of carbonyl (C=O) groups is 1. The van der Waals surface area contributed by atoms with E-state index >= 15 is 0 Å². The van der Waals surface area contributed by atoms with Crippen LogP contribution in [0.1, 0.15) is 32.8 Å². The Morgan fingerprint density at radius 1 is 1.37 bits per heavy atom. The Hall–Kier alpha value is -1.76. The Kier molecular flexibility index (Phi) is 3.06. The average molecular weight is 277 g/mol. The number of likely N-dealkylation sites (tertiary alicyclic amines) is 1. The van der Waals surface area contributed by atoms with E-state index in [1.165, 1.54) is 11.3 Å². The van der Waals surface area contributed by atoms with Crippen LogP contribution in [0.4, 0.5) is 0 Å². The Morgan fingerprint density at radius 2 is 2.11 bits per heavy atom. The fourth-order valence-electron chi connectivity index (χ4n) is 2.40. The maximum Gasteiger partial charge on any atom is 0.265 e. The van der Waals surface area contributed by atoms with E-state index in [9.17, 15) is 4.79 Å². The lowest BCUT2D eigenvalue weighted by Gasteiger charge is -2.15. The smallest absolute Gasteiger partial charge is 0.265 e. The first kappa shape index (κ1) is 12.3. The quantitative estimate of drug-likeness (QED) is 0.833. The van der Waals surface area contributed by atoms with Crippen molar-refractivity contribution in [1.82, 2.24) is 24.9 Å². The van der Waals surface area contributed by atoms with Crippen molar-refractivity contribution in [3.05, 3.63) is 28.0 Å². The predicted molar refractivity (Wildman–Crippen MR) is 71.2 cm³/mol. The highest BCUT2D eigenvalue weighted by Crippen LogP contribution is 2.25. The molecule has 2 aromatic heterocycles. The number of hydrogen-bond donors (Lipinski definition) is 0. The summed E-state index contributed by atoms with van der Waals surface area (Å²) >= 11 is 1.47. The molecule has 1 fully saturated rings. The summed E-state index contributed by atoms with van der Waals surface area (Å²) in [6.07, 6.45) is 4.24. The van der Waals surface area contributed by atoms with Gasteiger partial charge >= 0.3 is 0 Å². The number of aryl methyl sites for hydroxylation is 2. The molecule has 19 heavy (non-hydrogen) atoms. The number of nitrogens with zero attached hydrogens (tertiary/aromatic N) is 5. The van der Waals surface area contributed by atoms with Crippen molar-refractivity contribution in [2.24, 2.45) is 0 Å². The molecule has 3 rings (SSSR count). The molecule has 0 N–H and O–H groups in total. The monoisotopic (exact) mass is 277 g/mol. The molecule has 7 heteroatoms. The molecule has 0 bridgehead atoms. The van der Waals surface area contributed by atoms with Crippen molar-refractivity contribution in [3.8, 4) is 0 Å². The highest BCUT2D eigenvalue weighted by atomic mass is 32.1. The van der Waals surface area contributed by atoms with Crippen LogP contribution in [0.15, 0.2) is 12.4 Å². The second-order valence-electron chi connectivity index (χ2n) is 4.69. The zero-order valence-electron chi connectivity index (χ0n) is 10.9. The molecule has 0 aliphatic carbocycles. The third-order valence-electron chi connectivity index (χ3n) is 3.31. The van der Waals surface area contributed by atoms with Gasteiger partial charge in [-0.1, -0.05) is 0 Å². The lowest BCUT2D eigenvalue weighted by Crippen LogP contribution is -2.29. The van der Waals surface area contributed by atoms with Gasteiger partial charge in [-0.2, -0.15) is 15.0 Å². The third kappa shape index (κ3) is 2.25. The number of aromatic nitrogens is 4. The molecule has 1 saturated heterocycles. The Bertz CT molecular complexity index is 591. The zero-order valence-corrected chi connectivity index (χ0v) is 11.7. The second kappa shape index (κ2) is 4.73. The van der Waals surface area contributed by atoms with Crippen LogP contribution < -0.4 is 0 Å². The lowest BCUT2D eigenvalue weighted by atomic mass is 10.3. The van der Waals surface area contributed by atoms with E-state index in [4.69, 9.17) is 0 Å². The van der Waals surface area contributed by atoms with E-state index in [-0.39, 0.29) is 11.9 Å². The first-order valence-corrected chi connectivity index (χ1v) is 7.06. The van der Waals surface area contributed by atoms with E-state index in [0.717, 1.165) is 28.5 Å². The molecule has 3 heterocycles. The highest BCUT2D eigenvalue weighted by molar-refractivity contribution is 7.13. The molecular formula is C12H15N5OS. The Balaban J connectivity index is 1.74. The van der Waals surface area contributed by atoms with Crippen LogP contribution in [0.5, 0.6) is 0 Å². The first-order chi connectivity index (χ1) is 9.15. The maximum absolute atomic E-state index is 12.4. The number of hydrogen-bond acceptors (Lipinski definition) is 5. The molecule has 2 aromatic rings. The summed E-state index contributed by atoms with van der Waals surface area (Å²) in [5, 5.41) is 9.22. The summed E-state index contributed by atoms with van der Waals surface area (Å²) in [7, 11) is 0. The summed E-state index contributed by atoms with van der Waals surface area (Å²) in [5.74, 6) is 0.0813. The van der Waals surface area contributed by atoms with Gasteiger partial charge in [0.1, 0.15) is 4.88 Å². The van der Waals surface area contributed by atoms with Crippen molar-refractivity contribution >= 4 is 17.2 Å². The van der Waals surface area contributed by atoms with E-state index in [2.05, 4.69) is 15.2 Å². The van der Waals surface area contributed by atoms with E-state index in [1.54, 1.807) is 17.2 Å². The van der Waals surface area contributed by atoms with Gasteiger partial charge < -0.3 is 4.90 Å². The molecule has 1 amide bonds. The molecule has 0 spiro atoms. The molecule has 0 radical (unpaired) electrons. The second-order valence-corrected chi connectivity index (χ2v) is 5.89. The van der Waals surface area contributed by atoms with E-state index in [1.807, 2.05) is 18.7 Å². The zero-order chi connectivity index (χ0) is 13.4. The van der Waals surface area contributed by atoms with Gasteiger partial charge in [-0.25, -0.2) is 4.98 Å². The molecule has 1 atom stereocenters. The fourth-order valence-corrected chi connectivity index (χ4v) is 3.29. The molecule has 1 aliphatic heterocycles. The molecule has 0 unspecified atom stereocenters. The van der Waals surface area contributed by atoms with Gasteiger partial charge in [-0.15, -0.1) is 11.3 Å². The minimum atomic E-state index is 0.0813. The minimum absolute atomic E-state index is 0.0813. The van der Waals surface area contributed by atoms with E-state index < -0.39 is 0 Å². The van der Waals surface area contributed by atoms with Crippen molar-refractivity contribution in [2.75, 3.05) is 13.1 Å². The Morgan fingerprint density at radius 3 is 2.74 bits per heavy atom. The molecule has 0 saturated carbocycles. The minimum Gasteiger partial charge on any atom is -0.336 e. The van der Waals surface area contributed by atoms with Crippen molar-refractivity contribution in [1.29, 1.82) is 0 Å². The standard InChI is InChI=1S/C12H15N5OS/c1-8-11(19-9(2)15-8)12(18)16-6-3-10(7-16)17-13-4-5-14-17/h4-5,10H,3,6-7H2,1-2H3/t10-/m1/s1. The van der Waals surface area contributed by atoms with Crippen molar-refractivity contribution in [3.63, 3.8) is 0 Å². The SMILES string of the molecule is Cc1nc(C)c(C(=O)N2CC[C@@H](n3nccn3)C2)s1. The summed E-state index contributed by atoms with van der Waals surface area (Å²) in [6.45, 7) is 5.24. The lowest BCUT2D eigenvalue weighted by molar-refractivity contribution is 0.0790. The third-order valence-corrected chi connectivity index (χ3v) is 4.37. The van der Waals surface area contributed by atoms with Crippen molar-refractivity contribution in [2.45, 2.75) is 26.3 Å². The van der Waals surface area contributed by atoms with Gasteiger partial charge in [0.15, 0.2) is 0 Å². The topological polar surface area (TPSA) is 63.9 Å². The summed E-state index contributed by atoms with van der Waals surface area (Å²) in [6, 6.07) is 0.188. The molecule has 100 valence electrons. The van der Waals surface area contributed by atoms with Crippen LogP contribution in [-0.4, -0.2) is 43.9 Å². The highest BCUT2D eigenvalue weighted by Gasteiger charge is 2.30. The number of thiazole rings is 1. The largest absolute Gasteiger partial charge is 0.336 e. The van der Waals surface area contributed by atoms with Crippen LogP contribution in [0.2, 0.25) is 0 Å². The van der Waals surface area contributed by atoms with Crippen molar-refractivity contribution < 1.29 is 4.79 Å². The van der Waals surface area contributed by atoms with Gasteiger partial charge in [-0.05, 0) is 20.3 Å². The van der Waals surface area contributed by atoms with E-state index in [0.29, 0.717) is 6.54 Å². The number of rotatable bonds is 2. The maximum atomic E-state index is 12.4. The van der Waals surface area contributed by atoms with Crippen LogP contribution in [0, 0.1) is 13.8 Å². The molecule has 1 aliphatic rings. The van der Waals surface area contributed by atoms with Gasteiger partial charge in [0.2, 0.25) is 0 Å². The summed E-state index contributed by atoms with van der Waals surface area (Å²) < 4.78 is 0. The van der Waals surface area contributed by atoms with Gasteiger partial charge in [0.25, 0.3) is 5.91 Å². The number of amides is 1. The van der Waals surface area contributed by atoms with Gasteiger partial charge in [0, 0.05) is 13.1 Å². The van der Waals surface area contributed by atoms with Crippen LogP contribution in [0.25, 0.3) is 0 Å². The molecular weight excluding hydrogens is 262 g/mol.